The molecule has 0 fully saturated rings. The van der Waals surface area contributed by atoms with Crippen LogP contribution in [0.3, 0.4) is 0 Å². The number of nitrogens with one attached hydrogen (secondary N) is 1. The van der Waals surface area contributed by atoms with Crippen LogP contribution in [0, 0.1) is 0 Å². The van der Waals surface area contributed by atoms with Crippen LogP contribution < -0.4 is 11.1 Å². The summed E-state index contributed by atoms with van der Waals surface area (Å²) in [6, 6.07) is 6.46. The first-order chi connectivity index (χ1) is 9.88. The number of nitrogens with two attached hydrogens (primary N) is 1. The molecule has 3 N–H and O–H groups in total. The first kappa shape index (κ1) is 16.1. The number of nitrogen functional groups attached to an aromatic ring is 1. The van der Waals surface area contributed by atoms with E-state index in [1.165, 1.54) is 6.20 Å². The smallest absolute Gasteiger partial charge is 0.255 e. The molecular weight excluding hydrogens is 377 g/mol. The molecule has 1 atom stereocenters. The molecule has 4 nitrogen and oxygen atoms in total. The average molecular weight is 389 g/mol. The number of hydrogen-bond donors (Lipinski definition) is 2. The van der Waals surface area contributed by atoms with E-state index in [2.05, 4.69) is 26.2 Å². The van der Waals surface area contributed by atoms with Crippen LogP contribution in [-0.4, -0.2) is 10.9 Å². The molecule has 7 heteroatoms. The highest BCUT2D eigenvalue weighted by molar-refractivity contribution is 9.10. The quantitative estimate of drug-likeness (QED) is 0.826. The first-order valence-electron chi connectivity index (χ1n) is 6.05. The second kappa shape index (κ2) is 6.64. The van der Waals surface area contributed by atoms with E-state index in [4.69, 9.17) is 28.9 Å². The van der Waals surface area contributed by atoms with Crippen LogP contribution >= 0.6 is 39.1 Å². The lowest BCUT2D eigenvalue weighted by molar-refractivity contribution is 0.0940. The molecule has 1 amide bonds. The van der Waals surface area contributed by atoms with Gasteiger partial charge in [-0.3, -0.25) is 4.79 Å². The summed E-state index contributed by atoms with van der Waals surface area (Å²) in [5.41, 5.74) is 6.80. The van der Waals surface area contributed by atoms with Crippen molar-refractivity contribution in [1.29, 1.82) is 0 Å². The first-order valence-corrected chi connectivity index (χ1v) is 7.60. The molecule has 1 aromatic heterocycles. The molecule has 21 heavy (non-hydrogen) atoms. The third kappa shape index (κ3) is 3.87. The van der Waals surface area contributed by atoms with Crippen molar-refractivity contribution >= 4 is 50.9 Å². The minimum Gasteiger partial charge on any atom is -0.383 e. The third-order valence-electron chi connectivity index (χ3n) is 2.91. The standard InChI is InChI=1S/C14H12BrCl2N3O/c1-7(10-3-2-9(16)5-12(10)17)20-14(21)11-4-8(15)6-19-13(11)18/h2-7H,1H3,(H2,18,19)(H,20,21). The number of benzene rings is 1. The van der Waals surface area contributed by atoms with E-state index < -0.39 is 0 Å². The van der Waals surface area contributed by atoms with E-state index in [1.54, 1.807) is 24.3 Å². The largest absolute Gasteiger partial charge is 0.383 e. The van der Waals surface area contributed by atoms with Crippen molar-refractivity contribution in [3.8, 4) is 0 Å². The lowest BCUT2D eigenvalue weighted by Gasteiger charge is -2.16. The molecular formula is C14H12BrCl2N3O. The number of carbonyl (C=O) groups is 1. The molecule has 110 valence electrons. The summed E-state index contributed by atoms with van der Waals surface area (Å²) in [4.78, 5) is 16.2. The van der Waals surface area contributed by atoms with Gasteiger partial charge in [0.05, 0.1) is 11.6 Å². The molecule has 1 unspecified atom stereocenters. The highest BCUT2D eigenvalue weighted by atomic mass is 79.9. The van der Waals surface area contributed by atoms with Crippen molar-refractivity contribution in [2.45, 2.75) is 13.0 Å². The average Bonchev–Trinajstić information content (AvgIpc) is 2.41. The Labute approximate surface area is 140 Å². The summed E-state index contributed by atoms with van der Waals surface area (Å²) in [6.45, 7) is 1.83. The molecule has 0 saturated carbocycles. The van der Waals surface area contributed by atoms with Gasteiger partial charge in [0.25, 0.3) is 5.91 Å². The molecule has 2 rings (SSSR count). The van der Waals surface area contributed by atoms with E-state index in [0.29, 0.717) is 20.1 Å². The Bertz CT molecular complexity index is 694. The maximum Gasteiger partial charge on any atom is 0.255 e. The fourth-order valence-electron chi connectivity index (χ4n) is 1.84. The number of rotatable bonds is 3. The number of aromatic nitrogens is 1. The summed E-state index contributed by atoms with van der Waals surface area (Å²) < 4.78 is 0.680. The van der Waals surface area contributed by atoms with Crippen molar-refractivity contribution in [3.05, 3.63) is 56.1 Å². The number of pyridine rings is 1. The molecule has 0 aliphatic rings. The van der Waals surface area contributed by atoms with E-state index in [0.717, 1.165) is 5.56 Å². The van der Waals surface area contributed by atoms with E-state index in [9.17, 15) is 4.79 Å². The van der Waals surface area contributed by atoms with Gasteiger partial charge in [0, 0.05) is 20.7 Å². The van der Waals surface area contributed by atoms with Crippen LogP contribution in [0.5, 0.6) is 0 Å². The minimum atomic E-state index is -0.320. The normalized spacial score (nSPS) is 12.0. The summed E-state index contributed by atoms with van der Waals surface area (Å²) in [6.07, 6.45) is 1.53. The number of carbonyl (C=O) groups excluding carboxylic acids is 1. The summed E-state index contributed by atoms with van der Waals surface area (Å²) in [7, 11) is 0. The lowest BCUT2D eigenvalue weighted by atomic mass is 10.1. The van der Waals surface area contributed by atoms with Crippen LogP contribution in [-0.2, 0) is 0 Å². The number of hydrogen-bond acceptors (Lipinski definition) is 3. The predicted octanol–water partition coefficient (Wildman–Crippen LogP) is 4.22. The summed E-state index contributed by atoms with van der Waals surface area (Å²) >= 11 is 15.3. The van der Waals surface area contributed by atoms with Gasteiger partial charge in [-0.25, -0.2) is 4.98 Å². The topological polar surface area (TPSA) is 68.0 Å². The van der Waals surface area contributed by atoms with Crippen molar-refractivity contribution in [3.63, 3.8) is 0 Å². The number of halogens is 3. The molecule has 2 aromatic rings. The Morgan fingerprint density at radius 1 is 1.38 bits per heavy atom. The van der Waals surface area contributed by atoms with Crippen LogP contribution in [0.1, 0.15) is 28.9 Å². The van der Waals surface area contributed by atoms with Gasteiger partial charge in [0.15, 0.2) is 0 Å². The minimum absolute atomic E-state index is 0.171. The monoisotopic (exact) mass is 387 g/mol. The Morgan fingerprint density at radius 3 is 2.76 bits per heavy atom. The zero-order chi connectivity index (χ0) is 15.6. The van der Waals surface area contributed by atoms with Gasteiger partial charge in [0.2, 0.25) is 0 Å². The summed E-state index contributed by atoms with van der Waals surface area (Å²) in [5, 5.41) is 3.87. The number of anilines is 1. The van der Waals surface area contributed by atoms with Crippen LogP contribution in [0.15, 0.2) is 34.9 Å². The van der Waals surface area contributed by atoms with Crippen LogP contribution in [0.4, 0.5) is 5.82 Å². The third-order valence-corrected chi connectivity index (χ3v) is 3.90. The Kier molecular flexibility index (Phi) is 5.08. The van der Waals surface area contributed by atoms with Gasteiger partial charge in [-0.1, -0.05) is 29.3 Å². The van der Waals surface area contributed by atoms with Gasteiger partial charge in [0.1, 0.15) is 5.82 Å². The molecule has 0 spiro atoms. The van der Waals surface area contributed by atoms with Crippen molar-refractivity contribution in [2.24, 2.45) is 0 Å². The molecule has 0 aliphatic carbocycles. The SMILES string of the molecule is CC(NC(=O)c1cc(Br)cnc1N)c1ccc(Cl)cc1Cl. The zero-order valence-corrected chi connectivity index (χ0v) is 14.1. The maximum atomic E-state index is 12.3. The van der Waals surface area contributed by atoms with E-state index in [1.807, 2.05) is 6.92 Å². The van der Waals surface area contributed by atoms with Gasteiger partial charge in [-0.2, -0.15) is 0 Å². The van der Waals surface area contributed by atoms with Gasteiger partial charge < -0.3 is 11.1 Å². The highest BCUT2D eigenvalue weighted by Gasteiger charge is 2.17. The number of nitrogens with zero attached hydrogens (tertiary/aromatic N) is 1. The van der Waals surface area contributed by atoms with Crippen molar-refractivity contribution in [2.75, 3.05) is 5.73 Å². The van der Waals surface area contributed by atoms with Gasteiger partial charge in [-0.15, -0.1) is 0 Å². The van der Waals surface area contributed by atoms with Crippen LogP contribution in [0.2, 0.25) is 10.0 Å². The zero-order valence-electron chi connectivity index (χ0n) is 11.0. The Balaban J connectivity index is 2.20. The maximum absolute atomic E-state index is 12.3. The summed E-state index contributed by atoms with van der Waals surface area (Å²) in [5.74, 6) is -0.148. The molecule has 0 bridgehead atoms. The van der Waals surface area contributed by atoms with Crippen molar-refractivity contribution < 1.29 is 4.79 Å². The lowest BCUT2D eigenvalue weighted by Crippen LogP contribution is -2.27. The van der Waals surface area contributed by atoms with Gasteiger partial charge >= 0.3 is 0 Å². The Morgan fingerprint density at radius 2 is 2.10 bits per heavy atom. The van der Waals surface area contributed by atoms with Crippen molar-refractivity contribution in [1.82, 2.24) is 10.3 Å². The fraction of sp³-hybridized carbons (Fsp3) is 0.143. The van der Waals surface area contributed by atoms with Gasteiger partial charge in [-0.05, 0) is 46.6 Å². The van der Waals surface area contributed by atoms with E-state index >= 15 is 0 Å². The molecule has 0 saturated heterocycles. The highest BCUT2D eigenvalue weighted by Crippen LogP contribution is 2.26. The second-order valence-corrected chi connectivity index (χ2v) is 6.21. The van der Waals surface area contributed by atoms with E-state index in [-0.39, 0.29) is 17.8 Å². The fourth-order valence-corrected chi connectivity index (χ4v) is 2.74. The van der Waals surface area contributed by atoms with Crippen LogP contribution in [0.25, 0.3) is 0 Å². The Hall–Kier alpha value is -1.30. The molecule has 0 radical (unpaired) electrons. The molecule has 1 aromatic carbocycles. The molecule has 0 aliphatic heterocycles. The molecule has 1 heterocycles. The number of amides is 1. The second-order valence-electron chi connectivity index (χ2n) is 4.45. The predicted molar refractivity (Wildman–Crippen MR) is 88.7 cm³/mol.